The van der Waals surface area contributed by atoms with Crippen molar-refractivity contribution in [2.24, 2.45) is 0 Å². The lowest BCUT2D eigenvalue weighted by molar-refractivity contribution is 0.592. The molecule has 1 aromatic heterocycles. The molecule has 0 aliphatic carbocycles. The van der Waals surface area contributed by atoms with Gasteiger partial charge in [-0.05, 0) is 23.8 Å². The highest BCUT2D eigenvalue weighted by atomic mass is 32.2. The summed E-state index contributed by atoms with van der Waals surface area (Å²) in [6.45, 7) is 0. The highest BCUT2D eigenvalue weighted by Gasteiger charge is 2.25. The van der Waals surface area contributed by atoms with Crippen LogP contribution in [0.1, 0.15) is 11.1 Å². The maximum absolute atomic E-state index is 13.2. The molecule has 0 amide bonds. The number of sulfone groups is 1. The monoisotopic (exact) mass is 347 g/mol. The molecule has 0 bridgehead atoms. The molecule has 4 aromatic rings. The van der Waals surface area contributed by atoms with Crippen molar-refractivity contribution >= 4 is 20.7 Å². The third kappa shape index (κ3) is 2.85. The topological polar surface area (TPSA) is 49.9 Å². The first kappa shape index (κ1) is 15.7. The number of hydrogen-bond acceptors (Lipinski definition) is 2. The summed E-state index contributed by atoms with van der Waals surface area (Å²) in [7, 11) is -3.61. The van der Waals surface area contributed by atoms with E-state index in [1.54, 1.807) is 24.3 Å². The summed E-state index contributed by atoms with van der Waals surface area (Å²) in [6.07, 6.45) is 0.562. The van der Waals surface area contributed by atoms with Crippen LogP contribution in [0.4, 0.5) is 0 Å². The van der Waals surface area contributed by atoms with Gasteiger partial charge in [-0.2, -0.15) is 0 Å². The molecule has 0 atom stereocenters. The molecule has 1 heterocycles. The highest BCUT2D eigenvalue weighted by molar-refractivity contribution is 7.91. The van der Waals surface area contributed by atoms with Crippen molar-refractivity contribution in [1.82, 2.24) is 4.98 Å². The van der Waals surface area contributed by atoms with E-state index < -0.39 is 9.84 Å². The Morgan fingerprint density at radius 1 is 0.720 bits per heavy atom. The van der Waals surface area contributed by atoms with Crippen LogP contribution in [0, 0.1) is 0 Å². The van der Waals surface area contributed by atoms with Crippen molar-refractivity contribution in [1.29, 1.82) is 0 Å². The molecule has 0 fully saturated rings. The summed E-state index contributed by atoms with van der Waals surface area (Å²) in [5.74, 6) is 0. The number of rotatable bonds is 4. The van der Waals surface area contributed by atoms with Crippen LogP contribution in [0.15, 0.2) is 94.9 Å². The predicted molar refractivity (Wildman–Crippen MR) is 99.4 cm³/mol. The fraction of sp³-hybridized carbons (Fsp3) is 0.0476. The zero-order chi connectivity index (χ0) is 17.3. The second-order valence-corrected chi connectivity index (χ2v) is 7.84. The summed E-state index contributed by atoms with van der Waals surface area (Å²) in [4.78, 5) is 3.44. The van der Waals surface area contributed by atoms with Crippen molar-refractivity contribution in [3.05, 3.63) is 96.1 Å². The third-order valence-corrected chi connectivity index (χ3v) is 6.10. The number of benzene rings is 3. The predicted octanol–water partition coefficient (Wildman–Crippen LogP) is 4.59. The van der Waals surface area contributed by atoms with E-state index in [0.717, 1.165) is 22.0 Å². The molecular weight excluding hydrogens is 330 g/mol. The molecule has 25 heavy (non-hydrogen) atoms. The number of aromatic nitrogens is 1. The second kappa shape index (κ2) is 6.22. The van der Waals surface area contributed by atoms with E-state index in [-0.39, 0.29) is 5.03 Å². The molecule has 3 nitrogen and oxygen atoms in total. The molecule has 0 radical (unpaired) electrons. The first-order valence-corrected chi connectivity index (χ1v) is 9.58. The maximum atomic E-state index is 13.2. The van der Waals surface area contributed by atoms with E-state index in [9.17, 15) is 8.42 Å². The van der Waals surface area contributed by atoms with Gasteiger partial charge in [0, 0.05) is 22.9 Å². The van der Waals surface area contributed by atoms with Gasteiger partial charge < -0.3 is 4.98 Å². The van der Waals surface area contributed by atoms with E-state index in [4.69, 9.17) is 0 Å². The molecular formula is C21H17NO2S. The summed E-state index contributed by atoms with van der Waals surface area (Å²) in [6, 6.07) is 26.2. The molecule has 0 saturated heterocycles. The van der Waals surface area contributed by atoms with Crippen LogP contribution in [0.25, 0.3) is 10.9 Å². The molecule has 4 rings (SSSR count). The lowest BCUT2D eigenvalue weighted by Crippen LogP contribution is -2.05. The standard InChI is InChI=1S/C21H17NO2S/c23-25(24,17-11-5-2-6-12-17)21-19(15-16-9-3-1-4-10-16)18-13-7-8-14-20(18)22-21/h1-14,22H,15H2. The van der Waals surface area contributed by atoms with Crippen LogP contribution in [-0.4, -0.2) is 13.4 Å². The van der Waals surface area contributed by atoms with Crippen molar-refractivity contribution in [3.63, 3.8) is 0 Å². The molecule has 0 spiro atoms. The molecule has 1 N–H and O–H groups in total. The van der Waals surface area contributed by atoms with Crippen LogP contribution >= 0.6 is 0 Å². The third-order valence-electron chi connectivity index (χ3n) is 4.32. The molecule has 0 saturated carbocycles. The SMILES string of the molecule is O=S(=O)(c1ccccc1)c1[nH]c2ccccc2c1Cc1ccccc1. The van der Waals surface area contributed by atoms with Crippen molar-refractivity contribution in [2.45, 2.75) is 16.3 Å². The quantitative estimate of drug-likeness (QED) is 0.587. The Balaban J connectivity index is 1.93. The molecule has 0 aliphatic rings. The minimum absolute atomic E-state index is 0.281. The minimum atomic E-state index is -3.61. The van der Waals surface area contributed by atoms with Gasteiger partial charge in [0.05, 0.1) is 4.90 Å². The number of hydrogen-bond donors (Lipinski definition) is 1. The van der Waals surface area contributed by atoms with Gasteiger partial charge in [-0.15, -0.1) is 0 Å². The van der Waals surface area contributed by atoms with Gasteiger partial charge in [0.2, 0.25) is 9.84 Å². The Morgan fingerprint density at radius 3 is 2.04 bits per heavy atom. The number of H-pyrrole nitrogens is 1. The zero-order valence-electron chi connectivity index (χ0n) is 13.5. The van der Waals surface area contributed by atoms with Gasteiger partial charge in [-0.1, -0.05) is 66.7 Å². The molecule has 0 unspecified atom stereocenters. The van der Waals surface area contributed by atoms with E-state index in [0.29, 0.717) is 11.3 Å². The molecule has 124 valence electrons. The van der Waals surface area contributed by atoms with Crippen LogP contribution in [0.2, 0.25) is 0 Å². The summed E-state index contributed by atoms with van der Waals surface area (Å²) in [5, 5.41) is 1.23. The summed E-state index contributed by atoms with van der Waals surface area (Å²) < 4.78 is 26.4. The Labute approximate surface area is 146 Å². The largest absolute Gasteiger partial charge is 0.345 e. The van der Waals surface area contributed by atoms with E-state index in [1.807, 2.05) is 60.7 Å². The zero-order valence-corrected chi connectivity index (χ0v) is 14.3. The average Bonchev–Trinajstić information content (AvgIpc) is 3.03. The minimum Gasteiger partial charge on any atom is -0.345 e. The number of aromatic amines is 1. The van der Waals surface area contributed by atoms with Gasteiger partial charge in [0.15, 0.2) is 0 Å². The Morgan fingerprint density at radius 2 is 1.32 bits per heavy atom. The Bertz CT molecular complexity index is 1110. The van der Waals surface area contributed by atoms with Crippen LogP contribution in [-0.2, 0) is 16.3 Å². The highest BCUT2D eigenvalue weighted by Crippen LogP contribution is 2.31. The van der Waals surface area contributed by atoms with Gasteiger partial charge in [-0.3, -0.25) is 0 Å². The lowest BCUT2D eigenvalue weighted by atomic mass is 10.0. The Hall–Kier alpha value is -2.85. The fourth-order valence-corrected chi connectivity index (χ4v) is 4.60. The van der Waals surface area contributed by atoms with Gasteiger partial charge in [-0.25, -0.2) is 8.42 Å². The van der Waals surface area contributed by atoms with E-state index >= 15 is 0 Å². The Kier molecular flexibility index (Phi) is 3.90. The number of fused-ring (bicyclic) bond motifs is 1. The van der Waals surface area contributed by atoms with Gasteiger partial charge in [0.25, 0.3) is 0 Å². The van der Waals surface area contributed by atoms with Crippen molar-refractivity contribution < 1.29 is 8.42 Å². The van der Waals surface area contributed by atoms with Crippen LogP contribution in [0.5, 0.6) is 0 Å². The van der Waals surface area contributed by atoms with Crippen LogP contribution in [0.3, 0.4) is 0 Å². The van der Waals surface area contributed by atoms with E-state index in [2.05, 4.69) is 4.98 Å². The van der Waals surface area contributed by atoms with Gasteiger partial charge in [0.1, 0.15) is 5.03 Å². The smallest absolute Gasteiger partial charge is 0.222 e. The summed E-state index contributed by atoms with van der Waals surface area (Å²) in [5.41, 5.74) is 2.73. The van der Waals surface area contributed by atoms with Gasteiger partial charge >= 0.3 is 0 Å². The molecule has 3 aromatic carbocycles. The first-order chi connectivity index (χ1) is 12.2. The molecule has 0 aliphatic heterocycles. The number of nitrogens with one attached hydrogen (secondary N) is 1. The molecule has 4 heteroatoms. The number of para-hydroxylation sites is 1. The lowest BCUT2D eigenvalue weighted by Gasteiger charge is -2.07. The normalized spacial score (nSPS) is 11.7. The first-order valence-electron chi connectivity index (χ1n) is 8.10. The second-order valence-electron chi connectivity index (χ2n) is 5.96. The fourth-order valence-electron chi connectivity index (χ4n) is 3.10. The van der Waals surface area contributed by atoms with Crippen molar-refractivity contribution in [2.75, 3.05) is 0 Å². The summed E-state index contributed by atoms with van der Waals surface area (Å²) >= 11 is 0. The van der Waals surface area contributed by atoms with E-state index in [1.165, 1.54) is 0 Å². The van der Waals surface area contributed by atoms with Crippen LogP contribution < -0.4 is 0 Å². The maximum Gasteiger partial charge on any atom is 0.222 e. The van der Waals surface area contributed by atoms with Crippen molar-refractivity contribution in [3.8, 4) is 0 Å². The average molecular weight is 347 g/mol.